The van der Waals surface area contributed by atoms with E-state index in [1.54, 1.807) is 0 Å². The average molecular weight is 244 g/mol. The Labute approximate surface area is 106 Å². The maximum Gasteiger partial charge on any atom is 0.312 e. The van der Waals surface area contributed by atoms with Gasteiger partial charge >= 0.3 is 5.97 Å². The van der Waals surface area contributed by atoms with Crippen LogP contribution in [0.5, 0.6) is 0 Å². The molecule has 0 radical (unpaired) electrons. The number of esters is 1. The van der Waals surface area contributed by atoms with Crippen molar-refractivity contribution in [3.8, 4) is 0 Å². The first kappa shape index (κ1) is 16.4. The standard InChI is InChI=1S/C14H28O3/c1-9-12(3,4)11(15)17-14(7,8)13(5,6)16-10-2/h9-10H2,1-8H3. The molecule has 0 aliphatic carbocycles. The second-order valence-electron chi connectivity index (χ2n) is 6.08. The van der Waals surface area contributed by atoms with Gasteiger partial charge in [0.05, 0.1) is 5.41 Å². The molecule has 0 aliphatic heterocycles. The fourth-order valence-corrected chi connectivity index (χ4v) is 1.17. The zero-order valence-corrected chi connectivity index (χ0v) is 12.6. The maximum absolute atomic E-state index is 12.1. The van der Waals surface area contributed by atoms with Gasteiger partial charge in [0.15, 0.2) is 0 Å². The number of carbonyl (C=O) groups is 1. The molecule has 0 heterocycles. The van der Waals surface area contributed by atoms with Gasteiger partial charge in [-0.05, 0) is 54.9 Å². The highest BCUT2D eigenvalue weighted by atomic mass is 16.6. The van der Waals surface area contributed by atoms with Crippen molar-refractivity contribution in [3.05, 3.63) is 0 Å². The SMILES string of the molecule is CCOC(C)(C)C(C)(C)OC(=O)C(C)(C)CC. The molecular weight excluding hydrogens is 216 g/mol. The van der Waals surface area contributed by atoms with E-state index in [2.05, 4.69) is 0 Å². The third-order valence-corrected chi connectivity index (χ3v) is 3.74. The van der Waals surface area contributed by atoms with Crippen molar-refractivity contribution in [2.45, 2.75) is 73.0 Å². The lowest BCUT2D eigenvalue weighted by atomic mass is 9.86. The molecule has 0 aromatic heterocycles. The van der Waals surface area contributed by atoms with Crippen molar-refractivity contribution in [2.24, 2.45) is 5.41 Å². The monoisotopic (exact) mass is 244 g/mol. The molecular formula is C14H28O3. The number of hydrogen-bond donors (Lipinski definition) is 0. The van der Waals surface area contributed by atoms with E-state index in [9.17, 15) is 4.79 Å². The van der Waals surface area contributed by atoms with Crippen LogP contribution in [0.1, 0.15) is 61.8 Å². The number of hydrogen-bond acceptors (Lipinski definition) is 3. The molecule has 17 heavy (non-hydrogen) atoms. The van der Waals surface area contributed by atoms with Gasteiger partial charge in [-0.25, -0.2) is 0 Å². The summed E-state index contributed by atoms with van der Waals surface area (Å²) in [5.74, 6) is -0.169. The highest BCUT2D eigenvalue weighted by Gasteiger charge is 2.43. The van der Waals surface area contributed by atoms with Crippen LogP contribution < -0.4 is 0 Å². The van der Waals surface area contributed by atoms with Crippen molar-refractivity contribution in [2.75, 3.05) is 6.61 Å². The van der Waals surface area contributed by atoms with Crippen molar-refractivity contribution in [3.63, 3.8) is 0 Å². The van der Waals surface area contributed by atoms with E-state index in [0.29, 0.717) is 6.61 Å². The number of ether oxygens (including phenoxy) is 2. The molecule has 3 heteroatoms. The molecule has 0 rings (SSSR count). The molecule has 0 spiro atoms. The molecule has 0 amide bonds. The van der Waals surface area contributed by atoms with Crippen LogP contribution >= 0.6 is 0 Å². The summed E-state index contributed by atoms with van der Waals surface area (Å²) >= 11 is 0. The van der Waals surface area contributed by atoms with Crippen LogP contribution in [0.25, 0.3) is 0 Å². The summed E-state index contributed by atoms with van der Waals surface area (Å²) in [4.78, 5) is 12.1. The van der Waals surface area contributed by atoms with E-state index in [1.807, 2.05) is 55.4 Å². The molecule has 0 unspecified atom stereocenters. The fraction of sp³-hybridized carbons (Fsp3) is 0.929. The summed E-state index contributed by atoms with van der Waals surface area (Å²) in [6.45, 7) is 16.0. The Hall–Kier alpha value is -0.570. The lowest BCUT2D eigenvalue weighted by molar-refractivity contribution is -0.199. The number of carbonyl (C=O) groups excluding carboxylic acids is 1. The molecule has 0 bridgehead atoms. The van der Waals surface area contributed by atoms with Gasteiger partial charge < -0.3 is 9.47 Å². The average Bonchev–Trinajstić information content (AvgIpc) is 2.16. The van der Waals surface area contributed by atoms with Crippen LogP contribution in [0.15, 0.2) is 0 Å². The largest absolute Gasteiger partial charge is 0.456 e. The smallest absolute Gasteiger partial charge is 0.312 e. The zero-order chi connectivity index (χ0) is 13.9. The molecule has 0 fully saturated rings. The molecule has 0 N–H and O–H groups in total. The first-order valence-electron chi connectivity index (χ1n) is 6.37. The molecule has 0 atom stereocenters. The van der Waals surface area contributed by atoms with Gasteiger partial charge in [-0.3, -0.25) is 4.79 Å². The Kier molecular flexibility index (Phi) is 5.20. The minimum Gasteiger partial charge on any atom is -0.456 e. The van der Waals surface area contributed by atoms with Crippen LogP contribution in [0, 0.1) is 5.41 Å². The molecule has 3 nitrogen and oxygen atoms in total. The number of rotatable bonds is 6. The summed E-state index contributed by atoms with van der Waals surface area (Å²) in [5, 5.41) is 0. The topological polar surface area (TPSA) is 35.5 Å². The molecule has 0 aliphatic rings. The molecule has 0 aromatic carbocycles. The van der Waals surface area contributed by atoms with Crippen LogP contribution in [0.2, 0.25) is 0 Å². The maximum atomic E-state index is 12.1. The Bertz CT molecular complexity index is 265. The lowest BCUT2D eigenvalue weighted by Gasteiger charge is -2.41. The molecule has 0 saturated carbocycles. The molecule has 0 saturated heterocycles. The van der Waals surface area contributed by atoms with Crippen LogP contribution in [0.4, 0.5) is 0 Å². The van der Waals surface area contributed by atoms with Crippen molar-refractivity contribution in [1.29, 1.82) is 0 Å². The molecule has 0 aromatic rings. The van der Waals surface area contributed by atoms with E-state index < -0.39 is 16.6 Å². The fourth-order valence-electron chi connectivity index (χ4n) is 1.17. The van der Waals surface area contributed by atoms with Gasteiger partial charge in [-0.1, -0.05) is 6.92 Å². The van der Waals surface area contributed by atoms with E-state index in [-0.39, 0.29) is 5.97 Å². The lowest BCUT2D eigenvalue weighted by Crippen LogP contribution is -2.52. The second kappa shape index (κ2) is 5.38. The van der Waals surface area contributed by atoms with Gasteiger partial charge in [0.1, 0.15) is 11.2 Å². The summed E-state index contributed by atoms with van der Waals surface area (Å²) in [5.41, 5.74) is -1.59. The Balaban J connectivity index is 4.82. The van der Waals surface area contributed by atoms with E-state index >= 15 is 0 Å². The third kappa shape index (κ3) is 3.98. The summed E-state index contributed by atoms with van der Waals surface area (Å²) < 4.78 is 11.3. The van der Waals surface area contributed by atoms with Gasteiger partial charge in [0, 0.05) is 6.61 Å². The minimum atomic E-state index is -0.646. The second-order valence-corrected chi connectivity index (χ2v) is 6.08. The minimum absolute atomic E-state index is 0.169. The van der Waals surface area contributed by atoms with Crippen molar-refractivity contribution in [1.82, 2.24) is 0 Å². The van der Waals surface area contributed by atoms with Crippen LogP contribution in [0.3, 0.4) is 0 Å². The van der Waals surface area contributed by atoms with Gasteiger partial charge in [-0.15, -0.1) is 0 Å². The third-order valence-electron chi connectivity index (χ3n) is 3.74. The van der Waals surface area contributed by atoms with E-state index in [0.717, 1.165) is 6.42 Å². The van der Waals surface area contributed by atoms with Gasteiger partial charge in [0.2, 0.25) is 0 Å². The quantitative estimate of drug-likeness (QED) is 0.670. The summed E-state index contributed by atoms with van der Waals surface area (Å²) in [6, 6.07) is 0. The predicted octanol–water partition coefficient (Wildman–Crippen LogP) is 3.56. The van der Waals surface area contributed by atoms with Gasteiger partial charge in [-0.2, -0.15) is 0 Å². The van der Waals surface area contributed by atoms with Crippen molar-refractivity contribution < 1.29 is 14.3 Å². The highest BCUT2D eigenvalue weighted by Crippen LogP contribution is 2.32. The summed E-state index contributed by atoms with van der Waals surface area (Å²) in [6.07, 6.45) is 0.761. The Morgan fingerprint density at radius 1 is 0.941 bits per heavy atom. The van der Waals surface area contributed by atoms with Crippen LogP contribution in [-0.2, 0) is 14.3 Å². The Morgan fingerprint density at radius 3 is 1.76 bits per heavy atom. The molecule has 102 valence electrons. The van der Waals surface area contributed by atoms with E-state index in [1.165, 1.54) is 0 Å². The van der Waals surface area contributed by atoms with Gasteiger partial charge in [0.25, 0.3) is 0 Å². The van der Waals surface area contributed by atoms with Crippen LogP contribution in [-0.4, -0.2) is 23.8 Å². The first-order valence-corrected chi connectivity index (χ1v) is 6.37. The predicted molar refractivity (Wildman–Crippen MR) is 69.9 cm³/mol. The normalized spacial score (nSPS) is 13.6. The van der Waals surface area contributed by atoms with Crippen molar-refractivity contribution >= 4 is 5.97 Å². The highest BCUT2D eigenvalue weighted by molar-refractivity contribution is 5.76. The summed E-state index contributed by atoms with van der Waals surface area (Å²) in [7, 11) is 0. The van der Waals surface area contributed by atoms with E-state index in [4.69, 9.17) is 9.47 Å². The first-order chi connectivity index (χ1) is 7.50. The zero-order valence-electron chi connectivity index (χ0n) is 12.6. The Morgan fingerprint density at radius 2 is 1.41 bits per heavy atom.